The summed E-state index contributed by atoms with van der Waals surface area (Å²) >= 11 is 0. The molecule has 4 N–H and O–H groups in total. The van der Waals surface area contributed by atoms with Crippen LogP contribution in [0, 0.1) is 11.3 Å². The van der Waals surface area contributed by atoms with Crippen LogP contribution < -0.4 is 11.5 Å². The van der Waals surface area contributed by atoms with Gasteiger partial charge in [0.25, 0.3) is 0 Å². The Morgan fingerprint density at radius 1 is 1.36 bits per heavy atom. The minimum absolute atomic E-state index is 0.380. The summed E-state index contributed by atoms with van der Waals surface area (Å²) in [6.07, 6.45) is 6.65. The van der Waals surface area contributed by atoms with Crippen molar-refractivity contribution < 1.29 is 0 Å². The number of hydrogen-bond acceptors (Lipinski definition) is 2. The minimum atomic E-state index is 0.380. The molecular formula is C9H18N2. The molecule has 1 atom stereocenters. The zero-order valence-electron chi connectivity index (χ0n) is 7.05. The molecule has 0 aliphatic heterocycles. The molecule has 0 aromatic rings. The second-order valence-electron chi connectivity index (χ2n) is 4.28. The highest BCUT2D eigenvalue weighted by Crippen LogP contribution is 2.51. The fraction of sp³-hybridized carbons (Fsp3) is 1.00. The van der Waals surface area contributed by atoms with Gasteiger partial charge in [0.2, 0.25) is 0 Å². The van der Waals surface area contributed by atoms with E-state index in [0.717, 1.165) is 12.5 Å². The highest BCUT2D eigenvalue weighted by Gasteiger charge is 2.49. The monoisotopic (exact) mass is 154 g/mol. The van der Waals surface area contributed by atoms with E-state index in [-0.39, 0.29) is 0 Å². The summed E-state index contributed by atoms with van der Waals surface area (Å²) in [4.78, 5) is 0. The summed E-state index contributed by atoms with van der Waals surface area (Å²) in [6, 6.07) is 0.418. The third kappa shape index (κ3) is 1.09. The lowest BCUT2D eigenvalue weighted by atomic mass is 9.74. The zero-order chi connectivity index (χ0) is 7.90. The van der Waals surface area contributed by atoms with Gasteiger partial charge in [-0.3, -0.25) is 0 Å². The Morgan fingerprint density at radius 2 is 2.00 bits per heavy atom. The molecule has 64 valence electrons. The molecule has 0 heterocycles. The highest BCUT2D eigenvalue weighted by atomic mass is 14.8. The molecular weight excluding hydrogens is 136 g/mol. The van der Waals surface area contributed by atoms with E-state index in [2.05, 4.69) is 0 Å². The SMILES string of the molecule is NCC1(C(N)C2CCC2)CC1. The minimum Gasteiger partial charge on any atom is -0.330 e. The van der Waals surface area contributed by atoms with Crippen molar-refractivity contribution in [2.24, 2.45) is 22.8 Å². The molecule has 2 aliphatic rings. The molecule has 2 fully saturated rings. The van der Waals surface area contributed by atoms with E-state index < -0.39 is 0 Å². The standard InChI is InChI=1S/C9H18N2/c10-6-9(4-5-9)8(11)7-2-1-3-7/h7-8H,1-6,10-11H2. The smallest absolute Gasteiger partial charge is 0.0136 e. The molecule has 0 amide bonds. The van der Waals surface area contributed by atoms with Gasteiger partial charge in [-0.15, -0.1) is 0 Å². The molecule has 1 unspecified atom stereocenters. The Morgan fingerprint density at radius 3 is 2.27 bits per heavy atom. The second kappa shape index (κ2) is 2.46. The summed E-state index contributed by atoms with van der Waals surface area (Å²) in [5, 5.41) is 0. The van der Waals surface area contributed by atoms with Gasteiger partial charge in [0.05, 0.1) is 0 Å². The first kappa shape index (κ1) is 7.56. The first-order chi connectivity index (χ1) is 5.28. The third-order valence-corrected chi connectivity index (χ3v) is 3.66. The third-order valence-electron chi connectivity index (χ3n) is 3.66. The Balaban J connectivity index is 1.92. The van der Waals surface area contributed by atoms with Crippen LogP contribution in [-0.4, -0.2) is 12.6 Å². The molecule has 2 aliphatic carbocycles. The van der Waals surface area contributed by atoms with Gasteiger partial charge in [-0.2, -0.15) is 0 Å². The number of hydrogen-bond donors (Lipinski definition) is 2. The zero-order valence-corrected chi connectivity index (χ0v) is 7.05. The van der Waals surface area contributed by atoms with Crippen molar-refractivity contribution in [3.8, 4) is 0 Å². The summed E-state index contributed by atoms with van der Waals surface area (Å²) in [7, 11) is 0. The summed E-state index contributed by atoms with van der Waals surface area (Å²) in [5.74, 6) is 0.807. The van der Waals surface area contributed by atoms with Crippen molar-refractivity contribution in [1.29, 1.82) is 0 Å². The molecule has 0 bridgehead atoms. The van der Waals surface area contributed by atoms with Crippen LogP contribution in [0.3, 0.4) is 0 Å². The molecule has 2 rings (SSSR count). The normalized spacial score (nSPS) is 31.1. The van der Waals surface area contributed by atoms with Crippen molar-refractivity contribution in [2.45, 2.75) is 38.1 Å². The predicted molar refractivity (Wildman–Crippen MR) is 46.0 cm³/mol. The van der Waals surface area contributed by atoms with E-state index in [9.17, 15) is 0 Å². The molecule has 0 spiro atoms. The van der Waals surface area contributed by atoms with Crippen LogP contribution in [0.5, 0.6) is 0 Å². The topological polar surface area (TPSA) is 52.0 Å². The van der Waals surface area contributed by atoms with E-state index in [1.807, 2.05) is 0 Å². The van der Waals surface area contributed by atoms with Crippen LogP contribution in [0.15, 0.2) is 0 Å². The van der Waals surface area contributed by atoms with Crippen LogP contribution in [0.2, 0.25) is 0 Å². The van der Waals surface area contributed by atoms with Crippen molar-refractivity contribution in [3.05, 3.63) is 0 Å². The maximum atomic E-state index is 6.15. The Kier molecular flexibility index (Phi) is 1.69. The van der Waals surface area contributed by atoms with Gasteiger partial charge in [-0.1, -0.05) is 6.42 Å². The van der Waals surface area contributed by atoms with Crippen LogP contribution >= 0.6 is 0 Å². The number of rotatable bonds is 3. The first-order valence-corrected chi connectivity index (χ1v) is 4.74. The van der Waals surface area contributed by atoms with Crippen molar-refractivity contribution in [2.75, 3.05) is 6.54 Å². The molecule has 0 saturated heterocycles. The maximum Gasteiger partial charge on any atom is 0.0136 e. The maximum absolute atomic E-state index is 6.15. The highest BCUT2D eigenvalue weighted by molar-refractivity contribution is 5.05. The van der Waals surface area contributed by atoms with E-state index in [1.54, 1.807) is 0 Å². The van der Waals surface area contributed by atoms with Crippen LogP contribution in [0.25, 0.3) is 0 Å². The predicted octanol–water partition coefficient (Wildman–Crippen LogP) is 0.853. The summed E-state index contributed by atoms with van der Waals surface area (Å²) in [6.45, 7) is 0.810. The van der Waals surface area contributed by atoms with Crippen LogP contribution in [0.1, 0.15) is 32.1 Å². The molecule has 11 heavy (non-hydrogen) atoms. The number of nitrogens with two attached hydrogens (primary N) is 2. The van der Waals surface area contributed by atoms with Gasteiger partial charge >= 0.3 is 0 Å². The van der Waals surface area contributed by atoms with E-state index in [4.69, 9.17) is 11.5 Å². The molecule has 2 heteroatoms. The lowest BCUT2D eigenvalue weighted by Gasteiger charge is -2.36. The second-order valence-corrected chi connectivity index (χ2v) is 4.28. The lowest BCUT2D eigenvalue weighted by Crippen LogP contribution is -2.45. The van der Waals surface area contributed by atoms with Crippen molar-refractivity contribution >= 4 is 0 Å². The Labute approximate surface area is 68.3 Å². The van der Waals surface area contributed by atoms with E-state index in [0.29, 0.717) is 11.5 Å². The van der Waals surface area contributed by atoms with Gasteiger partial charge < -0.3 is 11.5 Å². The first-order valence-electron chi connectivity index (χ1n) is 4.74. The van der Waals surface area contributed by atoms with E-state index >= 15 is 0 Å². The van der Waals surface area contributed by atoms with Crippen LogP contribution in [0.4, 0.5) is 0 Å². The molecule has 0 aromatic heterocycles. The largest absolute Gasteiger partial charge is 0.330 e. The summed E-state index contributed by atoms with van der Waals surface area (Å²) < 4.78 is 0. The van der Waals surface area contributed by atoms with Gasteiger partial charge in [0.1, 0.15) is 0 Å². The lowest BCUT2D eigenvalue weighted by molar-refractivity contribution is 0.198. The summed E-state index contributed by atoms with van der Waals surface area (Å²) in [5.41, 5.74) is 12.2. The fourth-order valence-corrected chi connectivity index (χ4v) is 2.13. The van der Waals surface area contributed by atoms with Gasteiger partial charge in [0.15, 0.2) is 0 Å². The quantitative estimate of drug-likeness (QED) is 0.633. The van der Waals surface area contributed by atoms with Gasteiger partial charge in [-0.25, -0.2) is 0 Å². The van der Waals surface area contributed by atoms with Crippen LogP contribution in [-0.2, 0) is 0 Å². The van der Waals surface area contributed by atoms with E-state index in [1.165, 1.54) is 32.1 Å². The molecule has 0 aromatic carbocycles. The Bertz CT molecular complexity index is 148. The van der Waals surface area contributed by atoms with Crippen molar-refractivity contribution in [3.63, 3.8) is 0 Å². The van der Waals surface area contributed by atoms with Gasteiger partial charge in [0, 0.05) is 6.04 Å². The average molecular weight is 154 g/mol. The van der Waals surface area contributed by atoms with Crippen molar-refractivity contribution in [1.82, 2.24) is 0 Å². The van der Waals surface area contributed by atoms with Gasteiger partial charge in [-0.05, 0) is 43.6 Å². The fourth-order valence-electron chi connectivity index (χ4n) is 2.13. The average Bonchev–Trinajstić information content (AvgIpc) is 2.63. The Hall–Kier alpha value is -0.0800. The molecule has 0 radical (unpaired) electrons. The molecule has 2 nitrogen and oxygen atoms in total. The molecule has 2 saturated carbocycles.